The molecule has 28 heavy (non-hydrogen) atoms. The lowest BCUT2D eigenvalue weighted by molar-refractivity contribution is 0.0950. The van der Waals surface area contributed by atoms with Crippen LogP contribution in [0.2, 0.25) is 0 Å². The Morgan fingerprint density at radius 2 is 2.00 bits per heavy atom. The van der Waals surface area contributed by atoms with Crippen molar-refractivity contribution in [3.8, 4) is 0 Å². The van der Waals surface area contributed by atoms with Gasteiger partial charge < -0.3 is 5.32 Å². The van der Waals surface area contributed by atoms with Crippen LogP contribution in [-0.4, -0.2) is 38.2 Å². The highest BCUT2D eigenvalue weighted by Crippen LogP contribution is 2.26. The van der Waals surface area contributed by atoms with Gasteiger partial charge in [-0.3, -0.25) is 19.4 Å². The van der Waals surface area contributed by atoms with Crippen LogP contribution in [0, 0.1) is 0 Å². The highest BCUT2D eigenvalue weighted by Gasteiger charge is 2.24. The van der Waals surface area contributed by atoms with Crippen LogP contribution in [0.15, 0.2) is 24.4 Å². The van der Waals surface area contributed by atoms with Gasteiger partial charge in [0.15, 0.2) is 0 Å². The van der Waals surface area contributed by atoms with E-state index in [1.807, 2.05) is 13.0 Å². The summed E-state index contributed by atoms with van der Waals surface area (Å²) in [4.78, 5) is 19.4. The van der Waals surface area contributed by atoms with Crippen molar-refractivity contribution in [2.45, 2.75) is 77.5 Å². The summed E-state index contributed by atoms with van der Waals surface area (Å²) in [5.74, 6) is -0.0656. The Hall–Kier alpha value is -2.21. The molecular formula is C22H31N5O. The van der Waals surface area contributed by atoms with Crippen molar-refractivity contribution in [3.63, 3.8) is 0 Å². The average Bonchev–Trinajstić information content (AvgIpc) is 3.02. The molecule has 1 saturated carbocycles. The molecule has 0 unspecified atom stereocenters. The molecule has 1 N–H and O–H groups in total. The highest BCUT2D eigenvalue weighted by atomic mass is 16.1. The fraction of sp³-hybridized carbons (Fsp3) is 0.591. The minimum Gasteiger partial charge on any atom is -0.346 e. The summed E-state index contributed by atoms with van der Waals surface area (Å²) in [6.07, 6.45) is 10.5. The molecular weight excluding hydrogens is 350 g/mol. The zero-order valence-electron chi connectivity index (χ0n) is 16.9. The molecule has 1 aliphatic heterocycles. The van der Waals surface area contributed by atoms with Gasteiger partial charge in [0.2, 0.25) is 0 Å². The van der Waals surface area contributed by atoms with Crippen LogP contribution < -0.4 is 5.32 Å². The minimum absolute atomic E-state index is 0.0656. The van der Waals surface area contributed by atoms with Crippen molar-refractivity contribution in [2.24, 2.45) is 0 Å². The van der Waals surface area contributed by atoms with E-state index in [2.05, 4.69) is 25.9 Å². The lowest BCUT2D eigenvalue weighted by atomic mass is 9.94. The molecule has 0 saturated heterocycles. The second-order valence-electron chi connectivity index (χ2n) is 8.04. The van der Waals surface area contributed by atoms with Gasteiger partial charge in [0.05, 0.1) is 17.9 Å². The van der Waals surface area contributed by atoms with Gasteiger partial charge in [0.1, 0.15) is 0 Å². The van der Waals surface area contributed by atoms with E-state index in [4.69, 9.17) is 5.10 Å². The number of nitrogens with one attached hydrogen (secondary N) is 1. The lowest BCUT2D eigenvalue weighted by Gasteiger charge is -2.33. The maximum absolute atomic E-state index is 12.5. The van der Waals surface area contributed by atoms with E-state index in [9.17, 15) is 4.79 Å². The summed E-state index contributed by atoms with van der Waals surface area (Å²) in [5, 5.41) is 7.76. The Labute approximate surface area is 167 Å². The van der Waals surface area contributed by atoms with E-state index in [1.54, 1.807) is 12.3 Å². The topological polar surface area (TPSA) is 63.1 Å². The number of pyridine rings is 1. The molecule has 2 aromatic rings. The third-order valence-corrected chi connectivity index (χ3v) is 6.06. The standard InChI is InChI=1S/C22H31N5O/c1-2-18-13-17(9-10-23-18)22(28)24-15-19-14-21-16-26(11-6-12-27(21)25-19)20-7-4-3-5-8-20/h9-10,13-14,20H,2-8,11-12,15-16H2,1H3,(H,24,28). The Morgan fingerprint density at radius 3 is 2.82 bits per heavy atom. The van der Waals surface area contributed by atoms with Gasteiger partial charge >= 0.3 is 0 Å². The molecule has 3 heterocycles. The highest BCUT2D eigenvalue weighted by molar-refractivity contribution is 5.94. The first-order chi connectivity index (χ1) is 13.7. The van der Waals surface area contributed by atoms with Gasteiger partial charge in [-0.2, -0.15) is 5.10 Å². The summed E-state index contributed by atoms with van der Waals surface area (Å²) < 4.78 is 2.14. The van der Waals surface area contributed by atoms with E-state index >= 15 is 0 Å². The normalized spacial score (nSPS) is 18.5. The number of carbonyl (C=O) groups is 1. The van der Waals surface area contributed by atoms with Crippen molar-refractivity contribution < 1.29 is 4.79 Å². The minimum atomic E-state index is -0.0656. The van der Waals surface area contributed by atoms with Gasteiger partial charge in [0.25, 0.3) is 5.91 Å². The Morgan fingerprint density at radius 1 is 1.14 bits per heavy atom. The maximum Gasteiger partial charge on any atom is 0.251 e. The van der Waals surface area contributed by atoms with E-state index in [1.165, 1.54) is 44.3 Å². The lowest BCUT2D eigenvalue weighted by Crippen LogP contribution is -2.36. The van der Waals surface area contributed by atoms with E-state index in [0.29, 0.717) is 12.1 Å². The SMILES string of the molecule is CCc1cc(C(=O)NCc2cc3n(n2)CCCN(C2CCCCC2)C3)ccn1. The van der Waals surface area contributed by atoms with Gasteiger partial charge in [-0.05, 0) is 43.9 Å². The summed E-state index contributed by atoms with van der Waals surface area (Å²) in [7, 11) is 0. The van der Waals surface area contributed by atoms with Crippen molar-refractivity contribution in [3.05, 3.63) is 47.0 Å². The molecule has 0 radical (unpaired) electrons. The van der Waals surface area contributed by atoms with Crippen LogP contribution in [0.3, 0.4) is 0 Å². The summed E-state index contributed by atoms with van der Waals surface area (Å²) in [5.41, 5.74) is 3.82. The largest absolute Gasteiger partial charge is 0.346 e. The van der Waals surface area contributed by atoms with Crippen molar-refractivity contribution >= 4 is 5.91 Å². The first-order valence-electron chi connectivity index (χ1n) is 10.8. The second-order valence-corrected chi connectivity index (χ2v) is 8.04. The number of rotatable bonds is 5. The van der Waals surface area contributed by atoms with Crippen molar-refractivity contribution in [1.29, 1.82) is 0 Å². The van der Waals surface area contributed by atoms with E-state index in [-0.39, 0.29) is 5.91 Å². The van der Waals surface area contributed by atoms with Crippen molar-refractivity contribution in [2.75, 3.05) is 6.54 Å². The van der Waals surface area contributed by atoms with Gasteiger partial charge in [-0.25, -0.2) is 0 Å². The molecule has 6 nitrogen and oxygen atoms in total. The molecule has 6 heteroatoms. The summed E-state index contributed by atoms with van der Waals surface area (Å²) in [6, 6.07) is 6.53. The molecule has 0 aromatic carbocycles. The fourth-order valence-corrected chi connectivity index (χ4v) is 4.48. The fourth-order valence-electron chi connectivity index (χ4n) is 4.48. The molecule has 1 amide bonds. The molecule has 2 aliphatic rings. The summed E-state index contributed by atoms with van der Waals surface area (Å²) in [6.45, 7) is 5.62. The molecule has 0 spiro atoms. The number of aryl methyl sites for hydroxylation is 2. The van der Waals surface area contributed by atoms with Crippen LogP contribution in [0.25, 0.3) is 0 Å². The molecule has 150 valence electrons. The molecule has 1 aliphatic carbocycles. The molecule has 4 rings (SSSR count). The Balaban J connectivity index is 1.38. The van der Waals surface area contributed by atoms with Gasteiger partial charge in [-0.15, -0.1) is 0 Å². The number of amides is 1. The zero-order valence-corrected chi connectivity index (χ0v) is 16.9. The van der Waals surface area contributed by atoms with Crippen molar-refractivity contribution in [1.82, 2.24) is 25.0 Å². The number of nitrogens with zero attached hydrogens (tertiary/aromatic N) is 4. The van der Waals surface area contributed by atoms with Crippen LogP contribution in [-0.2, 0) is 26.1 Å². The smallest absolute Gasteiger partial charge is 0.251 e. The zero-order chi connectivity index (χ0) is 19.3. The number of hydrogen-bond acceptors (Lipinski definition) is 4. The predicted molar refractivity (Wildman–Crippen MR) is 109 cm³/mol. The maximum atomic E-state index is 12.5. The van der Waals surface area contributed by atoms with Crippen LogP contribution in [0.5, 0.6) is 0 Å². The average molecular weight is 382 g/mol. The van der Waals surface area contributed by atoms with Gasteiger partial charge in [-0.1, -0.05) is 26.2 Å². The Kier molecular flexibility index (Phi) is 6.05. The van der Waals surface area contributed by atoms with Crippen LogP contribution >= 0.6 is 0 Å². The number of hydrogen-bond donors (Lipinski definition) is 1. The predicted octanol–water partition coefficient (Wildman–Crippen LogP) is 3.31. The molecule has 2 aromatic heterocycles. The quantitative estimate of drug-likeness (QED) is 0.863. The van der Waals surface area contributed by atoms with Crippen LogP contribution in [0.4, 0.5) is 0 Å². The third-order valence-electron chi connectivity index (χ3n) is 6.06. The first-order valence-corrected chi connectivity index (χ1v) is 10.8. The van der Waals surface area contributed by atoms with E-state index in [0.717, 1.165) is 43.4 Å². The number of carbonyl (C=O) groups excluding carboxylic acids is 1. The monoisotopic (exact) mass is 381 g/mol. The molecule has 0 atom stereocenters. The van der Waals surface area contributed by atoms with Gasteiger partial charge in [0, 0.05) is 43.1 Å². The number of aromatic nitrogens is 3. The molecule has 1 fully saturated rings. The number of fused-ring (bicyclic) bond motifs is 1. The van der Waals surface area contributed by atoms with Crippen LogP contribution in [0.1, 0.15) is 72.9 Å². The first kappa shape index (κ1) is 19.1. The summed E-state index contributed by atoms with van der Waals surface area (Å²) >= 11 is 0. The Bertz CT molecular complexity index is 809. The second kappa shape index (κ2) is 8.86. The van der Waals surface area contributed by atoms with E-state index < -0.39 is 0 Å². The third kappa shape index (κ3) is 4.43. The molecule has 0 bridgehead atoms.